The van der Waals surface area contributed by atoms with Crippen molar-refractivity contribution in [2.45, 2.75) is 0 Å². The van der Waals surface area contributed by atoms with Gasteiger partial charge in [0.05, 0.1) is 11.3 Å². The molecule has 0 aliphatic rings. The first-order valence-corrected chi connectivity index (χ1v) is 7.65. The molecule has 2 aromatic carbocycles. The molecule has 0 spiro atoms. The Morgan fingerprint density at radius 3 is 2.39 bits per heavy atom. The molecular formula is C17H12BrN3O2. The Morgan fingerprint density at radius 2 is 1.70 bits per heavy atom. The number of hydrogen-bond acceptors (Lipinski definition) is 3. The predicted octanol–water partition coefficient (Wildman–Crippen LogP) is 3.66. The summed E-state index contributed by atoms with van der Waals surface area (Å²) in [4.78, 5) is 31.7. The Kier molecular flexibility index (Phi) is 4.34. The minimum absolute atomic E-state index is 0.200. The van der Waals surface area contributed by atoms with Gasteiger partial charge in [-0.05, 0) is 34.1 Å². The van der Waals surface area contributed by atoms with Gasteiger partial charge in [0.1, 0.15) is 0 Å². The summed E-state index contributed by atoms with van der Waals surface area (Å²) in [5.41, 5.74) is 1.23. The SMILES string of the molecule is O=C(Nc1ccccc1Br)c1ccccc1C(=O)c1ncc[nH]1. The topological polar surface area (TPSA) is 74.8 Å². The zero-order valence-corrected chi connectivity index (χ0v) is 13.5. The molecule has 1 heterocycles. The van der Waals surface area contributed by atoms with Crippen LogP contribution in [0.4, 0.5) is 5.69 Å². The number of H-pyrrole nitrogens is 1. The van der Waals surface area contributed by atoms with Gasteiger partial charge in [-0.3, -0.25) is 9.59 Å². The molecule has 1 amide bonds. The smallest absolute Gasteiger partial charge is 0.256 e. The fraction of sp³-hybridized carbons (Fsp3) is 0. The van der Waals surface area contributed by atoms with Gasteiger partial charge in [-0.2, -0.15) is 0 Å². The normalized spacial score (nSPS) is 10.3. The van der Waals surface area contributed by atoms with E-state index in [4.69, 9.17) is 0 Å². The Labute approximate surface area is 140 Å². The number of carbonyl (C=O) groups is 2. The first-order valence-electron chi connectivity index (χ1n) is 6.86. The van der Waals surface area contributed by atoms with Crippen molar-refractivity contribution in [3.8, 4) is 0 Å². The maximum atomic E-state index is 12.5. The maximum absolute atomic E-state index is 12.5. The molecule has 3 aromatic rings. The molecule has 3 rings (SSSR count). The molecule has 0 aliphatic heterocycles. The van der Waals surface area contributed by atoms with E-state index < -0.39 is 0 Å². The van der Waals surface area contributed by atoms with Crippen LogP contribution in [0, 0.1) is 0 Å². The summed E-state index contributed by atoms with van der Waals surface area (Å²) in [6.07, 6.45) is 3.06. The number of para-hydroxylation sites is 1. The van der Waals surface area contributed by atoms with Crippen molar-refractivity contribution in [3.05, 3.63) is 82.3 Å². The highest BCUT2D eigenvalue weighted by atomic mass is 79.9. The van der Waals surface area contributed by atoms with Crippen LogP contribution in [0.5, 0.6) is 0 Å². The zero-order valence-electron chi connectivity index (χ0n) is 11.9. The van der Waals surface area contributed by atoms with Crippen molar-refractivity contribution in [1.82, 2.24) is 9.97 Å². The average Bonchev–Trinajstić information content (AvgIpc) is 3.11. The number of rotatable bonds is 4. The van der Waals surface area contributed by atoms with Gasteiger partial charge in [0, 0.05) is 22.4 Å². The fourth-order valence-electron chi connectivity index (χ4n) is 2.15. The number of ketones is 1. The van der Waals surface area contributed by atoms with Crippen molar-refractivity contribution in [3.63, 3.8) is 0 Å². The number of benzene rings is 2. The van der Waals surface area contributed by atoms with Crippen molar-refractivity contribution in [1.29, 1.82) is 0 Å². The van der Waals surface area contributed by atoms with Crippen molar-refractivity contribution >= 4 is 33.3 Å². The number of nitrogens with zero attached hydrogens (tertiary/aromatic N) is 1. The molecule has 0 saturated carbocycles. The highest BCUT2D eigenvalue weighted by molar-refractivity contribution is 9.10. The molecule has 114 valence electrons. The lowest BCUT2D eigenvalue weighted by molar-refractivity contribution is 0.0992. The monoisotopic (exact) mass is 369 g/mol. The van der Waals surface area contributed by atoms with Crippen LogP contribution in [0.25, 0.3) is 0 Å². The first kappa shape index (κ1) is 15.2. The average molecular weight is 370 g/mol. The molecule has 0 unspecified atom stereocenters. The standard InChI is InChI=1S/C17H12BrN3O2/c18-13-7-3-4-8-14(13)21-17(23)12-6-2-1-5-11(12)15(22)16-19-9-10-20-16/h1-10H,(H,19,20)(H,21,23). The van der Waals surface area contributed by atoms with Gasteiger partial charge >= 0.3 is 0 Å². The lowest BCUT2D eigenvalue weighted by Crippen LogP contribution is -2.17. The summed E-state index contributed by atoms with van der Waals surface area (Å²) >= 11 is 3.38. The third kappa shape index (κ3) is 3.22. The summed E-state index contributed by atoms with van der Waals surface area (Å²) < 4.78 is 0.767. The molecule has 6 heteroatoms. The number of aromatic amines is 1. The lowest BCUT2D eigenvalue weighted by atomic mass is 10.0. The van der Waals surface area contributed by atoms with E-state index in [1.807, 2.05) is 18.2 Å². The molecule has 0 atom stereocenters. The van der Waals surface area contributed by atoms with Crippen molar-refractivity contribution < 1.29 is 9.59 Å². The van der Waals surface area contributed by atoms with Gasteiger partial charge in [-0.1, -0.05) is 30.3 Å². The molecule has 0 radical (unpaired) electrons. The van der Waals surface area contributed by atoms with Gasteiger partial charge in [-0.25, -0.2) is 4.98 Å². The first-order chi connectivity index (χ1) is 11.2. The number of anilines is 1. The van der Waals surface area contributed by atoms with Crippen molar-refractivity contribution in [2.75, 3.05) is 5.32 Å². The van der Waals surface area contributed by atoms with E-state index in [1.165, 1.54) is 6.20 Å². The third-order valence-corrected chi connectivity index (χ3v) is 3.94. The van der Waals surface area contributed by atoms with Crippen LogP contribution in [0.2, 0.25) is 0 Å². The van der Waals surface area contributed by atoms with Crippen LogP contribution < -0.4 is 5.32 Å². The fourth-order valence-corrected chi connectivity index (χ4v) is 2.53. The second kappa shape index (κ2) is 6.58. The van der Waals surface area contributed by atoms with Crippen molar-refractivity contribution in [2.24, 2.45) is 0 Å². The summed E-state index contributed by atoms with van der Waals surface area (Å²) in [6, 6.07) is 13.9. The van der Waals surface area contributed by atoms with Crippen LogP contribution in [-0.4, -0.2) is 21.7 Å². The van der Waals surface area contributed by atoms with E-state index in [1.54, 1.807) is 36.5 Å². The highest BCUT2D eigenvalue weighted by Crippen LogP contribution is 2.22. The maximum Gasteiger partial charge on any atom is 0.256 e. The van der Waals surface area contributed by atoms with Crippen LogP contribution in [0.15, 0.2) is 65.4 Å². The van der Waals surface area contributed by atoms with Crippen LogP contribution in [0.3, 0.4) is 0 Å². The Bertz CT molecular complexity index is 860. The quantitative estimate of drug-likeness (QED) is 0.689. The molecule has 0 fully saturated rings. The highest BCUT2D eigenvalue weighted by Gasteiger charge is 2.19. The van der Waals surface area contributed by atoms with Crippen LogP contribution >= 0.6 is 15.9 Å². The molecular weight excluding hydrogens is 358 g/mol. The summed E-state index contributed by atoms with van der Waals surface area (Å²) in [5, 5.41) is 2.80. The summed E-state index contributed by atoms with van der Waals surface area (Å²) in [7, 11) is 0. The Morgan fingerprint density at radius 1 is 1.00 bits per heavy atom. The van der Waals surface area contributed by atoms with E-state index in [0.29, 0.717) is 16.8 Å². The lowest BCUT2D eigenvalue weighted by Gasteiger charge is -2.10. The molecule has 2 N–H and O–H groups in total. The number of aromatic nitrogens is 2. The number of hydrogen-bond donors (Lipinski definition) is 2. The molecule has 23 heavy (non-hydrogen) atoms. The second-order valence-electron chi connectivity index (χ2n) is 4.75. The van der Waals surface area contributed by atoms with E-state index in [9.17, 15) is 9.59 Å². The van der Waals surface area contributed by atoms with Crippen LogP contribution in [0.1, 0.15) is 26.5 Å². The molecule has 0 bridgehead atoms. The molecule has 5 nitrogen and oxygen atoms in total. The summed E-state index contributed by atoms with van der Waals surface area (Å²) in [6.45, 7) is 0. The Hall–Kier alpha value is -2.73. The van der Waals surface area contributed by atoms with Gasteiger partial charge in [-0.15, -0.1) is 0 Å². The third-order valence-electron chi connectivity index (χ3n) is 3.25. The van der Waals surface area contributed by atoms with Gasteiger partial charge in [0.2, 0.25) is 5.78 Å². The minimum Gasteiger partial charge on any atom is -0.342 e. The molecule has 0 aliphatic carbocycles. The van der Waals surface area contributed by atoms with Gasteiger partial charge in [0.25, 0.3) is 5.91 Å². The summed E-state index contributed by atoms with van der Waals surface area (Å²) in [5.74, 6) is -0.480. The number of imidazole rings is 1. The van der Waals surface area contributed by atoms with Gasteiger partial charge in [0.15, 0.2) is 5.82 Å². The Balaban J connectivity index is 1.93. The van der Waals surface area contributed by atoms with E-state index >= 15 is 0 Å². The van der Waals surface area contributed by atoms with E-state index in [-0.39, 0.29) is 17.5 Å². The largest absolute Gasteiger partial charge is 0.342 e. The zero-order chi connectivity index (χ0) is 16.2. The number of halogens is 1. The van der Waals surface area contributed by atoms with Crippen LogP contribution in [-0.2, 0) is 0 Å². The predicted molar refractivity (Wildman–Crippen MR) is 90.6 cm³/mol. The number of nitrogens with one attached hydrogen (secondary N) is 2. The van der Waals surface area contributed by atoms with Gasteiger partial charge < -0.3 is 10.3 Å². The molecule has 1 aromatic heterocycles. The molecule has 0 saturated heterocycles. The minimum atomic E-state index is -0.354. The number of carbonyl (C=O) groups excluding carboxylic acids is 2. The number of amides is 1. The van der Waals surface area contributed by atoms with E-state index in [2.05, 4.69) is 31.2 Å². The van der Waals surface area contributed by atoms with E-state index in [0.717, 1.165) is 4.47 Å². The second-order valence-corrected chi connectivity index (χ2v) is 5.60.